The molecule has 0 spiro atoms. The van der Waals surface area contributed by atoms with Crippen LogP contribution in [0.1, 0.15) is 5.76 Å². The second kappa shape index (κ2) is 3.22. The van der Waals surface area contributed by atoms with Crippen LogP contribution >= 0.6 is 0 Å². The molecule has 4 heteroatoms. The Bertz CT molecular complexity index is 295. The van der Waals surface area contributed by atoms with Crippen LogP contribution < -0.4 is 11.1 Å². The Morgan fingerprint density at radius 1 is 1.77 bits per heavy atom. The first-order chi connectivity index (χ1) is 6.27. The minimum atomic E-state index is -0.125. The monoisotopic (exact) mass is 180 g/mol. The molecule has 13 heavy (non-hydrogen) atoms. The third-order valence-electron chi connectivity index (χ3n) is 2.37. The average Bonchev–Trinajstić information content (AvgIpc) is 2.54. The number of β-lactam (4-membered cyclic amide) rings is 1. The first-order valence-corrected chi connectivity index (χ1v) is 4.33. The minimum Gasteiger partial charge on any atom is -0.469 e. The number of hydrogen-bond donors (Lipinski definition) is 2. The van der Waals surface area contributed by atoms with Crippen molar-refractivity contribution in [3.8, 4) is 0 Å². The predicted octanol–water partition coefficient (Wildman–Crippen LogP) is -0.105. The topological polar surface area (TPSA) is 68.3 Å². The molecule has 1 aliphatic rings. The van der Waals surface area contributed by atoms with Gasteiger partial charge in [-0.2, -0.15) is 0 Å². The van der Waals surface area contributed by atoms with Crippen molar-refractivity contribution in [1.29, 1.82) is 0 Å². The summed E-state index contributed by atoms with van der Waals surface area (Å²) in [5.41, 5.74) is 5.84. The number of hydrogen-bond acceptors (Lipinski definition) is 3. The Hall–Kier alpha value is -1.29. The van der Waals surface area contributed by atoms with Gasteiger partial charge in [0.25, 0.3) is 0 Å². The van der Waals surface area contributed by atoms with Gasteiger partial charge in [0.15, 0.2) is 0 Å². The molecule has 4 nitrogen and oxygen atoms in total. The molecule has 0 aliphatic carbocycles. The number of nitrogens with two attached hydrogens (primary N) is 1. The maximum absolute atomic E-state index is 11.0. The van der Waals surface area contributed by atoms with E-state index in [2.05, 4.69) is 5.32 Å². The molecule has 2 atom stereocenters. The highest BCUT2D eigenvalue weighted by atomic mass is 16.3. The number of carbonyl (C=O) groups excluding carboxylic acids is 1. The number of rotatable bonds is 3. The fourth-order valence-electron chi connectivity index (χ4n) is 1.45. The van der Waals surface area contributed by atoms with E-state index >= 15 is 0 Å². The van der Waals surface area contributed by atoms with Crippen molar-refractivity contribution in [3.05, 3.63) is 24.2 Å². The molecule has 0 aromatic carbocycles. The number of furan rings is 1. The van der Waals surface area contributed by atoms with Gasteiger partial charge in [0.1, 0.15) is 5.76 Å². The summed E-state index contributed by atoms with van der Waals surface area (Å²) in [6.45, 7) is 0.695. The molecule has 1 aliphatic heterocycles. The molecule has 70 valence electrons. The zero-order valence-electron chi connectivity index (χ0n) is 7.19. The van der Waals surface area contributed by atoms with Crippen molar-refractivity contribution >= 4 is 5.91 Å². The highest BCUT2D eigenvalue weighted by molar-refractivity contribution is 5.85. The standard InChI is InChI=1S/C9H12N2O2/c10-8(7-5-11-9(7)12)4-6-2-1-3-13-6/h1-3,7-8H,4-5,10H2,(H,11,12). The van der Waals surface area contributed by atoms with Gasteiger partial charge >= 0.3 is 0 Å². The van der Waals surface area contributed by atoms with Crippen LogP contribution in [-0.4, -0.2) is 18.5 Å². The number of amides is 1. The van der Waals surface area contributed by atoms with Crippen LogP contribution in [0.15, 0.2) is 22.8 Å². The van der Waals surface area contributed by atoms with E-state index in [-0.39, 0.29) is 17.9 Å². The van der Waals surface area contributed by atoms with Gasteiger partial charge in [0.2, 0.25) is 5.91 Å². The maximum Gasteiger partial charge on any atom is 0.226 e. The molecule has 2 rings (SSSR count). The van der Waals surface area contributed by atoms with E-state index in [1.807, 2.05) is 12.1 Å². The minimum absolute atomic E-state index is 0.0369. The van der Waals surface area contributed by atoms with Gasteiger partial charge in [-0.1, -0.05) is 0 Å². The van der Waals surface area contributed by atoms with Gasteiger partial charge in [-0.3, -0.25) is 4.79 Å². The van der Waals surface area contributed by atoms with E-state index in [0.29, 0.717) is 13.0 Å². The molecule has 2 heterocycles. The van der Waals surface area contributed by atoms with E-state index in [9.17, 15) is 4.79 Å². The summed E-state index contributed by atoms with van der Waals surface area (Å²) in [6.07, 6.45) is 2.24. The van der Waals surface area contributed by atoms with Crippen LogP contribution in [0.25, 0.3) is 0 Å². The first kappa shape index (κ1) is 8.31. The number of nitrogens with one attached hydrogen (secondary N) is 1. The molecule has 1 amide bonds. The lowest BCUT2D eigenvalue weighted by Crippen LogP contribution is -2.57. The number of carbonyl (C=O) groups is 1. The van der Waals surface area contributed by atoms with Crippen LogP contribution in [0, 0.1) is 5.92 Å². The highest BCUT2D eigenvalue weighted by Gasteiger charge is 2.33. The summed E-state index contributed by atoms with van der Waals surface area (Å²) < 4.78 is 5.15. The Kier molecular flexibility index (Phi) is 2.06. The van der Waals surface area contributed by atoms with Crippen LogP contribution in [0.3, 0.4) is 0 Å². The van der Waals surface area contributed by atoms with Crippen LogP contribution in [0.5, 0.6) is 0 Å². The third-order valence-corrected chi connectivity index (χ3v) is 2.37. The van der Waals surface area contributed by atoms with Crippen LogP contribution in [0.4, 0.5) is 0 Å². The highest BCUT2D eigenvalue weighted by Crippen LogP contribution is 2.14. The van der Waals surface area contributed by atoms with Gasteiger partial charge < -0.3 is 15.5 Å². The maximum atomic E-state index is 11.0. The van der Waals surface area contributed by atoms with Gasteiger partial charge in [-0.25, -0.2) is 0 Å². The molecule has 1 saturated heterocycles. The van der Waals surface area contributed by atoms with Gasteiger partial charge in [0, 0.05) is 19.0 Å². The van der Waals surface area contributed by atoms with Crippen molar-refractivity contribution in [2.45, 2.75) is 12.5 Å². The van der Waals surface area contributed by atoms with E-state index in [1.165, 1.54) is 0 Å². The molecule has 0 saturated carbocycles. The molecule has 1 fully saturated rings. The van der Waals surface area contributed by atoms with Crippen LogP contribution in [-0.2, 0) is 11.2 Å². The summed E-state index contributed by atoms with van der Waals surface area (Å²) >= 11 is 0. The van der Waals surface area contributed by atoms with Crippen molar-refractivity contribution in [1.82, 2.24) is 5.32 Å². The fourth-order valence-corrected chi connectivity index (χ4v) is 1.45. The second-order valence-electron chi connectivity index (χ2n) is 3.30. The summed E-state index contributed by atoms with van der Waals surface area (Å²) in [6, 6.07) is 3.57. The lowest BCUT2D eigenvalue weighted by Gasteiger charge is -2.30. The molecule has 0 bridgehead atoms. The Labute approximate surface area is 76.1 Å². The van der Waals surface area contributed by atoms with E-state index < -0.39 is 0 Å². The van der Waals surface area contributed by atoms with Gasteiger partial charge in [-0.15, -0.1) is 0 Å². The summed E-state index contributed by atoms with van der Waals surface area (Å²) in [5.74, 6) is 0.858. The molecule has 0 radical (unpaired) electrons. The van der Waals surface area contributed by atoms with Crippen molar-refractivity contribution in [2.75, 3.05) is 6.54 Å². The van der Waals surface area contributed by atoms with Crippen LogP contribution in [0.2, 0.25) is 0 Å². The van der Waals surface area contributed by atoms with Crippen molar-refractivity contribution in [3.63, 3.8) is 0 Å². The Morgan fingerprint density at radius 2 is 2.62 bits per heavy atom. The molecule has 1 aromatic heterocycles. The molecule has 1 aromatic rings. The zero-order valence-corrected chi connectivity index (χ0v) is 7.19. The predicted molar refractivity (Wildman–Crippen MR) is 46.9 cm³/mol. The Balaban J connectivity index is 1.91. The lowest BCUT2D eigenvalue weighted by molar-refractivity contribution is -0.131. The largest absolute Gasteiger partial charge is 0.469 e. The molecular weight excluding hydrogens is 168 g/mol. The Morgan fingerprint density at radius 3 is 3.08 bits per heavy atom. The summed E-state index contributed by atoms with van der Waals surface area (Å²) in [4.78, 5) is 11.0. The fraction of sp³-hybridized carbons (Fsp3) is 0.444. The van der Waals surface area contributed by atoms with E-state index in [0.717, 1.165) is 5.76 Å². The normalized spacial score (nSPS) is 23.5. The molecule has 3 N–H and O–H groups in total. The van der Waals surface area contributed by atoms with Crippen molar-refractivity contribution < 1.29 is 9.21 Å². The van der Waals surface area contributed by atoms with Crippen molar-refractivity contribution in [2.24, 2.45) is 11.7 Å². The van der Waals surface area contributed by atoms with Gasteiger partial charge in [0.05, 0.1) is 12.2 Å². The van der Waals surface area contributed by atoms with E-state index in [1.54, 1.807) is 6.26 Å². The summed E-state index contributed by atoms with van der Waals surface area (Å²) in [7, 11) is 0. The SMILES string of the molecule is NC(Cc1ccco1)C1CNC1=O. The molecular formula is C9H12N2O2. The second-order valence-corrected chi connectivity index (χ2v) is 3.30. The smallest absolute Gasteiger partial charge is 0.226 e. The third kappa shape index (κ3) is 1.58. The van der Waals surface area contributed by atoms with E-state index in [4.69, 9.17) is 10.2 Å². The lowest BCUT2D eigenvalue weighted by atomic mass is 9.91. The molecule has 2 unspecified atom stereocenters. The summed E-state index contributed by atoms with van der Waals surface area (Å²) in [5, 5.41) is 2.67. The average molecular weight is 180 g/mol. The quantitative estimate of drug-likeness (QED) is 0.638. The van der Waals surface area contributed by atoms with Gasteiger partial charge in [-0.05, 0) is 12.1 Å². The first-order valence-electron chi connectivity index (χ1n) is 4.33. The zero-order chi connectivity index (χ0) is 9.26.